The van der Waals surface area contributed by atoms with E-state index in [1.54, 1.807) is 0 Å². The van der Waals surface area contributed by atoms with Gasteiger partial charge in [-0.2, -0.15) is 0 Å². The van der Waals surface area contributed by atoms with Crippen LogP contribution in [0.25, 0.3) is 0 Å². The zero-order valence-corrected chi connectivity index (χ0v) is 14.4. The third-order valence-corrected chi connectivity index (χ3v) is 3.42. The Labute approximate surface area is 139 Å². The normalized spacial score (nSPS) is 11.8. The van der Waals surface area contributed by atoms with Crippen molar-refractivity contribution in [3.05, 3.63) is 64.7 Å². The molecule has 2 aromatic rings. The first-order valence-corrected chi connectivity index (χ1v) is 7.80. The maximum absolute atomic E-state index is 6.00. The van der Waals surface area contributed by atoms with Gasteiger partial charge in [-0.1, -0.05) is 30.3 Å². The smallest absolute Gasteiger partial charge is 0.193 e. The van der Waals surface area contributed by atoms with Crippen LogP contribution in [0.15, 0.2) is 47.5 Å². The standard InChI is InChI=1S/C19H26N4/c1-14-8-15(2)10-18(9-14)22-19(20)21-12-16-6-5-7-17(11-16)13-23(3)4/h5-11H,12-13H2,1-4H3,(H3,20,21,22). The summed E-state index contributed by atoms with van der Waals surface area (Å²) in [6, 6.07) is 14.7. The van der Waals surface area contributed by atoms with Crippen LogP contribution < -0.4 is 11.1 Å². The van der Waals surface area contributed by atoms with Crippen LogP contribution in [0.4, 0.5) is 5.69 Å². The van der Waals surface area contributed by atoms with E-state index in [0.29, 0.717) is 12.5 Å². The third-order valence-electron chi connectivity index (χ3n) is 3.42. The predicted molar refractivity (Wildman–Crippen MR) is 98.7 cm³/mol. The largest absolute Gasteiger partial charge is 0.370 e. The van der Waals surface area contributed by atoms with Crippen molar-refractivity contribution >= 4 is 11.6 Å². The summed E-state index contributed by atoms with van der Waals surface area (Å²) < 4.78 is 0. The van der Waals surface area contributed by atoms with Crippen molar-refractivity contribution < 1.29 is 0 Å². The van der Waals surface area contributed by atoms with Crippen LogP contribution >= 0.6 is 0 Å². The van der Waals surface area contributed by atoms with Crippen molar-refractivity contribution in [1.29, 1.82) is 0 Å². The highest BCUT2D eigenvalue weighted by Crippen LogP contribution is 2.13. The van der Waals surface area contributed by atoms with E-state index in [4.69, 9.17) is 5.73 Å². The maximum Gasteiger partial charge on any atom is 0.193 e. The number of nitrogens with one attached hydrogen (secondary N) is 1. The molecule has 0 aliphatic carbocycles. The van der Waals surface area contributed by atoms with Gasteiger partial charge in [-0.25, -0.2) is 4.99 Å². The van der Waals surface area contributed by atoms with E-state index >= 15 is 0 Å². The number of nitrogens with zero attached hydrogens (tertiary/aromatic N) is 2. The van der Waals surface area contributed by atoms with Gasteiger partial charge in [-0.05, 0) is 62.3 Å². The summed E-state index contributed by atoms with van der Waals surface area (Å²) in [4.78, 5) is 6.59. The van der Waals surface area contributed by atoms with Crippen LogP contribution in [0, 0.1) is 13.8 Å². The number of hydrogen-bond acceptors (Lipinski definition) is 2. The van der Waals surface area contributed by atoms with Crippen LogP contribution in [0.2, 0.25) is 0 Å². The highest BCUT2D eigenvalue weighted by Gasteiger charge is 2.00. The monoisotopic (exact) mass is 310 g/mol. The lowest BCUT2D eigenvalue weighted by Gasteiger charge is -2.11. The van der Waals surface area contributed by atoms with Crippen LogP contribution in [-0.2, 0) is 13.1 Å². The van der Waals surface area contributed by atoms with Crippen molar-refractivity contribution in [3.8, 4) is 0 Å². The van der Waals surface area contributed by atoms with Gasteiger partial charge in [0.2, 0.25) is 0 Å². The zero-order chi connectivity index (χ0) is 16.8. The molecular formula is C19H26N4. The lowest BCUT2D eigenvalue weighted by molar-refractivity contribution is 0.402. The summed E-state index contributed by atoms with van der Waals surface area (Å²) in [5.41, 5.74) is 11.8. The fourth-order valence-corrected chi connectivity index (χ4v) is 2.60. The fraction of sp³-hybridized carbons (Fsp3) is 0.316. The highest BCUT2D eigenvalue weighted by molar-refractivity contribution is 5.92. The number of rotatable bonds is 5. The Morgan fingerprint density at radius 1 is 1.04 bits per heavy atom. The van der Waals surface area contributed by atoms with Crippen LogP contribution in [-0.4, -0.2) is 25.0 Å². The van der Waals surface area contributed by atoms with Gasteiger partial charge in [0.25, 0.3) is 0 Å². The van der Waals surface area contributed by atoms with Gasteiger partial charge in [0.1, 0.15) is 0 Å². The highest BCUT2D eigenvalue weighted by atomic mass is 15.1. The van der Waals surface area contributed by atoms with Gasteiger partial charge < -0.3 is 16.0 Å². The molecule has 0 aromatic heterocycles. The molecule has 23 heavy (non-hydrogen) atoms. The Balaban J connectivity index is 2.01. The summed E-state index contributed by atoms with van der Waals surface area (Å²) in [6.07, 6.45) is 0. The van der Waals surface area contributed by atoms with E-state index in [1.807, 2.05) is 0 Å². The van der Waals surface area contributed by atoms with E-state index in [-0.39, 0.29) is 0 Å². The average molecular weight is 310 g/mol. The predicted octanol–water partition coefficient (Wildman–Crippen LogP) is 3.29. The fourth-order valence-electron chi connectivity index (χ4n) is 2.60. The second kappa shape index (κ2) is 7.79. The number of benzene rings is 2. The Morgan fingerprint density at radius 2 is 1.70 bits per heavy atom. The van der Waals surface area contributed by atoms with Crippen LogP contribution in [0.1, 0.15) is 22.3 Å². The Kier molecular flexibility index (Phi) is 5.77. The van der Waals surface area contributed by atoms with Gasteiger partial charge >= 0.3 is 0 Å². The summed E-state index contributed by atoms with van der Waals surface area (Å²) >= 11 is 0. The molecule has 0 aliphatic rings. The molecule has 0 bridgehead atoms. The van der Waals surface area contributed by atoms with Crippen molar-refractivity contribution in [2.75, 3.05) is 19.4 Å². The summed E-state index contributed by atoms with van der Waals surface area (Å²) in [6.45, 7) is 5.64. The second-order valence-corrected chi connectivity index (χ2v) is 6.26. The molecule has 4 nitrogen and oxygen atoms in total. The second-order valence-electron chi connectivity index (χ2n) is 6.26. The molecule has 3 N–H and O–H groups in total. The molecule has 0 radical (unpaired) electrons. The molecule has 0 amide bonds. The van der Waals surface area contributed by atoms with Gasteiger partial charge in [-0.3, -0.25) is 0 Å². The van der Waals surface area contributed by atoms with E-state index in [1.165, 1.54) is 16.7 Å². The number of aliphatic imine (C=N–C) groups is 1. The van der Waals surface area contributed by atoms with Gasteiger partial charge in [0.15, 0.2) is 5.96 Å². The van der Waals surface area contributed by atoms with Crippen molar-refractivity contribution in [1.82, 2.24) is 4.90 Å². The van der Waals surface area contributed by atoms with E-state index in [2.05, 4.69) is 85.6 Å². The minimum atomic E-state index is 0.438. The molecule has 2 rings (SSSR count). The van der Waals surface area contributed by atoms with Crippen LogP contribution in [0.3, 0.4) is 0 Å². The van der Waals surface area contributed by atoms with Gasteiger partial charge in [0, 0.05) is 12.2 Å². The first kappa shape index (κ1) is 17.0. The maximum atomic E-state index is 6.00. The van der Waals surface area contributed by atoms with Gasteiger partial charge in [0.05, 0.1) is 6.54 Å². The summed E-state index contributed by atoms with van der Waals surface area (Å²) in [5.74, 6) is 0.438. The lowest BCUT2D eigenvalue weighted by atomic mass is 10.1. The molecule has 2 aromatic carbocycles. The lowest BCUT2D eigenvalue weighted by Crippen LogP contribution is -2.22. The number of nitrogens with two attached hydrogens (primary N) is 1. The van der Waals surface area contributed by atoms with Crippen molar-refractivity contribution in [2.24, 2.45) is 10.7 Å². The number of aryl methyl sites for hydroxylation is 2. The summed E-state index contributed by atoms with van der Waals surface area (Å²) in [7, 11) is 4.13. The molecule has 0 fully saturated rings. The number of guanidine groups is 1. The topological polar surface area (TPSA) is 53.6 Å². The Bertz CT molecular complexity index is 669. The number of anilines is 1. The molecular weight excluding hydrogens is 284 g/mol. The quantitative estimate of drug-likeness (QED) is 0.658. The Hall–Kier alpha value is -2.33. The van der Waals surface area contributed by atoms with E-state index < -0.39 is 0 Å². The SMILES string of the molecule is Cc1cc(C)cc(NC(N)=NCc2cccc(CN(C)C)c2)c1. The summed E-state index contributed by atoms with van der Waals surface area (Å²) in [5, 5.41) is 3.16. The minimum Gasteiger partial charge on any atom is -0.370 e. The molecule has 122 valence electrons. The van der Waals surface area contributed by atoms with Crippen molar-refractivity contribution in [3.63, 3.8) is 0 Å². The van der Waals surface area contributed by atoms with Crippen molar-refractivity contribution in [2.45, 2.75) is 26.9 Å². The zero-order valence-electron chi connectivity index (χ0n) is 14.4. The number of hydrogen-bond donors (Lipinski definition) is 2. The molecule has 0 spiro atoms. The molecule has 4 heteroatoms. The van der Waals surface area contributed by atoms with Crippen LogP contribution in [0.5, 0.6) is 0 Å². The Morgan fingerprint density at radius 3 is 2.35 bits per heavy atom. The molecule has 0 saturated heterocycles. The van der Waals surface area contributed by atoms with Gasteiger partial charge in [-0.15, -0.1) is 0 Å². The minimum absolute atomic E-state index is 0.438. The van der Waals surface area contributed by atoms with E-state index in [0.717, 1.165) is 17.8 Å². The third kappa shape index (κ3) is 5.75. The molecule has 0 atom stereocenters. The molecule has 0 heterocycles. The molecule has 0 unspecified atom stereocenters. The molecule has 0 saturated carbocycles. The first-order chi connectivity index (χ1) is 10.9. The first-order valence-electron chi connectivity index (χ1n) is 7.80. The average Bonchev–Trinajstić information content (AvgIpc) is 2.43. The molecule has 0 aliphatic heterocycles. The van der Waals surface area contributed by atoms with E-state index in [9.17, 15) is 0 Å².